The van der Waals surface area contributed by atoms with Gasteiger partial charge in [0, 0.05) is 18.3 Å². The molecule has 26 heavy (non-hydrogen) atoms. The van der Waals surface area contributed by atoms with Gasteiger partial charge in [0.1, 0.15) is 11.8 Å². The number of nitrogens with one attached hydrogen (secondary N) is 1. The van der Waals surface area contributed by atoms with Gasteiger partial charge >= 0.3 is 0 Å². The van der Waals surface area contributed by atoms with Crippen LogP contribution in [-0.4, -0.2) is 26.1 Å². The van der Waals surface area contributed by atoms with E-state index in [1.807, 2.05) is 13.8 Å². The van der Waals surface area contributed by atoms with Crippen molar-refractivity contribution in [1.29, 1.82) is 0 Å². The Labute approximate surface area is 154 Å². The van der Waals surface area contributed by atoms with Crippen LogP contribution in [0.2, 0.25) is 0 Å². The predicted octanol–water partition coefficient (Wildman–Crippen LogP) is 3.36. The normalized spacial score (nSPS) is 12.3. The molecule has 0 spiro atoms. The van der Waals surface area contributed by atoms with Crippen molar-refractivity contribution in [3.05, 3.63) is 53.9 Å². The maximum Gasteiger partial charge on any atom is 0.287 e. The molecule has 0 unspecified atom stereocenters. The minimum atomic E-state index is -0.414. The molecule has 0 aliphatic rings. The van der Waals surface area contributed by atoms with Crippen molar-refractivity contribution >= 4 is 17.7 Å². The van der Waals surface area contributed by atoms with E-state index in [4.69, 9.17) is 8.83 Å². The number of furan rings is 1. The highest BCUT2D eigenvalue weighted by Gasteiger charge is 2.20. The Hall–Kier alpha value is -2.68. The van der Waals surface area contributed by atoms with Crippen molar-refractivity contribution in [3.63, 3.8) is 0 Å². The summed E-state index contributed by atoms with van der Waals surface area (Å²) in [6.07, 6.45) is 3.36. The second-order valence-electron chi connectivity index (χ2n) is 5.91. The highest BCUT2D eigenvalue weighted by atomic mass is 32.2. The molecular weight excluding hydrogens is 354 g/mol. The average molecular weight is 373 g/mol. The number of nitrogens with zero attached hydrogens (tertiary/aromatic N) is 4. The maximum absolute atomic E-state index is 12.3. The van der Waals surface area contributed by atoms with Gasteiger partial charge < -0.3 is 14.2 Å². The van der Waals surface area contributed by atoms with Crippen LogP contribution in [0.1, 0.15) is 60.8 Å². The number of thioether (sulfide) groups is 1. The smallest absolute Gasteiger partial charge is 0.287 e. The summed E-state index contributed by atoms with van der Waals surface area (Å²) in [5.74, 6) is 2.14. The summed E-state index contributed by atoms with van der Waals surface area (Å²) in [4.78, 5) is 20.6. The van der Waals surface area contributed by atoms with Crippen molar-refractivity contribution in [2.24, 2.45) is 0 Å². The van der Waals surface area contributed by atoms with Gasteiger partial charge in [0.15, 0.2) is 10.9 Å². The molecule has 136 valence electrons. The fraction of sp³-hybridized carbons (Fsp3) is 0.353. The van der Waals surface area contributed by atoms with Crippen LogP contribution in [-0.2, 0) is 5.75 Å². The first-order chi connectivity index (χ1) is 12.5. The van der Waals surface area contributed by atoms with E-state index in [-0.39, 0.29) is 17.6 Å². The van der Waals surface area contributed by atoms with Gasteiger partial charge in [-0.05, 0) is 25.1 Å². The largest absolute Gasteiger partial charge is 0.455 e. The van der Waals surface area contributed by atoms with E-state index in [9.17, 15) is 4.79 Å². The molecule has 1 amide bonds. The molecule has 3 rings (SSSR count). The van der Waals surface area contributed by atoms with Crippen LogP contribution in [0.15, 0.2) is 44.6 Å². The van der Waals surface area contributed by atoms with Gasteiger partial charge in [-0.3, -0.25) is 4.79 Å². The van der Waals surface area contributed by atoms with Crippen LogP contribution in [0.3, 0.4) is 0 Å². The Morgan fingerprint density at radius 2 is 1.85 bits per heavy atom. The van der Waals surface area contributed by atoms with E-state index >= 15 is 0 Å². The molecule has 1 atom stereocenters. The molecule has 0 radical (unpaired) electrons. The van der Waals surface area contributed by atoms with Crippen LogP contribution >= 0.6 is 11.8 Å². The van der Waals surface area contributed by atoms with Gasteiger partial charge in [-0.25, -0.2) is 9.97 Å². The Bertz CT molecular complexity index is 862. The summed E-state index contributed by atoms with van der Waals surface area (Å²) < 4.78 is 11.1. The highest BCUT2D eigenvalue weighted by molar-refractivity contribution is 7.98. The lowest BCUT2D eigenvalue weighted by Crippen LogP contribution is -2.26. The standard InChI is InChI=1S/C17H19N5O3S/c1-10(2)15-21-22-16(25-15)11(3)20-14(23)13-6-5-12(24-13)9-26-17-18-7-4-8-19-17/h4-8,10-11H,9H2,1-3H3,(H,20,23)/t11-/m1/s1. The second kappa shape index (κ2) is 8.13. The molecule has 3 heterocycles. The van der Waals surface area contributed by atoms with Crippen LogP contribution in [0.4, 0.5) is 0 Å². The molecule has 3 aromatic heterocycles. The molecule has 9 heteroatoms. The van der Waals surface area contributed by atoms with Gasteiger partial charge in [-0.2, -0.15) is 0 Å². The highest BCUT2D eigenvalue weighted by Crippen LogP contribution is 2.21. The van der Waals surface area contributed by atoms with Gasteiger partial charge in [-0.1, -0.05) is 25.6 Å². The molecule has 8 nitrogen and oxygen atoms in total. The van der Waals surface area contributed by atoms with E-state index < -0.39 is 6.04 Å². The fourth-order valence-electron chi connectivity index (χ4n) is 2.06. The molecule has 0 bridgehead atoms. The van der Waals surface area contributed by atoms with Crippen LogP contribution in [0.25, 0.3) is 0 Å². The van der Waals surface area contributed by atoms with Crippen LogP contribution in [0, 0.1) is 0 Å². The quantitative estimate of drug-likeness (QED) is 0.496. The Balaban J connectivity index is 1.57. The Kier molecular flexibility index (Phi) is 5.67. The van der Waals surface area contributed by atoms with Gasteiger partial charge in [0.05, 0.1) is 5.75 Å². The van der Waals surface area contributed by atoms with Crippen molar-refractivity contribution < 1.29 is 13.6 Å². The van der Waals surface area contributed by atoms with E-state index in [0.29, 0.717) is 28.5 Å². The number of carbonyl (C=O) groups excluding carboxylic acids is 1. The van der Waals surface area contributed by atoms with E-state index in [1.165, 1.54) is 11.8 Å². The fourth-order valence-corrected chi connectivity index (χ4v) is 2.75. The lowest BCUT2D eigenvalue weighted by Gasteiger charge is -2.08. The first-order valence-electron chi connectivity index (χ1n) is 8.15. The number of amides is 1. The number of rotatable bonds is 7. The molecule has 0 aliphatic carbocycles. The molecular formula is C17H19N5O3S. The zero-order valence-corrected chi connectivity index (χ0v) is 15.5. The summed E-state index contributed by atoms with van der Waals surface area (Å²) in [5, 5.41) is 11.4. The molecule has 0 saturated carbocycles. The first-order valence-corrected chi connectivity index (χ1v) is 9.14. The zero-order valence-electron chi connectivity index (χ0n) is 14.7. The second-order valence-corrected chi connectivity index (χ2v) is 6.86. The third-order valence-corrected chi connectivity index (χ3v) is 4.34. The van der Waals surface area contributed by atoms with Gasteiger partial charge in [0.25, 0.3) is 5.91 Å². The van der Waals surface area contributed by atoms with E-state index in [0.717, 1.165) is 0 Å². The average Bonchev–Trinajstić information content (AvgIpc) is 3.30. The summed E-state index contributed by atoms with van der Waals surface area (Å²) in [6.45, 7) is 5.70. The molecule has 0 aromatic carbocycles. The Morgan fingerprint density at radius 1 is 1.12 bits per heavy atom. The summed E-state index contributed by atoms with van der Waals surface area (Å²) >= 11 is 1.43. The zero-order chi connectivity index (χ0) is 18.5. The third-order valence-electron chi connectivity index (χ3n) is 3.44. The number of aromatic nitrogens is 4. The molecule has 1 N–H and O–H groups in total. The van der Waals surface area contributed by atoms with Crippen molar-refractivity contribution in [2.75, 3.05) is 0 Å². The molecule has 3 aromatic rings. The van der Waals surface area contributed by atoms with Crippen molar-refractivity contribution in [3.8, 4) is 0 Å². The number of hydrogen-bond acceptors (Lipinski definition) is 8. The minimum Gasteiger partial charge on any atom is -0.455 e. The van der Waals surface area contributed by atoms with Crippen LogP contribution in [0.5, 0.6) is 0 Å². The maximum atomic E-state index is 12.3. The van der Waals surface area contributed by atoms with Crippen LogP contribution < -0.4 is 5.32 Å². The van der Waals surface area contributed by atoms with Crippen molar-refractivity contribution in [2.45, 2.75) is 43.6 Å². The SMILES string of the molecule is CC(C)c1nnc([C@@H](C)NC(=O)c2ccc(CSc3ncccn3)o2)o1. The minimum absolute atomic E-state index is 0.137. The molecule has 0 saturated heterocycles. The van der Waals surface area contributed by atoms with Crippen molar-refractivity contribution in [1.82, 2.24) is 25.5 Å². The number of carbonyl (C=O) groups is 1. The summed E-state index contributed by atoms with van der Waals surface area (Å²) in [5.41, 5.74) is 0. The number of hydrogen-bond donors (Lipinski definition) is 1. The van der Waals surface area contributed by atoms with E-state index in [1.54, 1.807) is 37.5 Å². The monoisotopic (exact) mass is 373 g/mol. The molecule has 0 fully saturated rings. The van der Waals surface area contributed by atoms with Gasteiger partial charge in [0.2, 0.25) is 11.8 Å². The predicted molar refractivity (Wildman–Crippen MR) is 94.6 cm³/mol. The summed E-state index contributed by atoms with van der Waals surface area (Å²) in [7, 11) is 0. The first kappa shape index (κ1) is 18.1. The van der Waals surface area contributed by atoms with Gasteiger partial charge in [-0.15, -0.1) is 10.2 Å². The Morgan fingerprint density at radius 3 is 2.54 bits per heavy atom. The summed E-state index contributed by atoms with van der Waals surface area (Å²) in [6, 6.07) is 4.74. The molecule has 0 aliphatic heterocycles. The third kappa shape index (κ3) is 4.48. The van der Waals surface area contributed by atoms with E-state index in [2.05, 4.69) is 25.5 Å². The lowest BCUT2D eigenvalue weighted by atomic mass is 10.2. The topological polar surface area (TPSA) is 107 Å². The lowest BCUT2D eigenvalue weighted by molar-refractivity contribution is 0.0904.